The Bertz CT molecular complexity index is 490. The molecule has 1 amide bonds. The van der Waals surface area contributed by atoms with Crippen molar-refractivity contribution in [1.29, 1.82) is 0 Å². The Morgan fingerprint density at radius 2 is 2.32 bits per heavy atom. The van der Waals surface area contributed by atoms with Crippen LogP contribution >= 0.6 is 0 Å². The number of ether oxygens (including phenoxy) is 1. The normalized spacial score (nSPS) is 20.6. The summed E-state index contributed by atoms with van der Waals surface area (Å²) in [7, 11) is 1.66. The van der Waals surface area contributed by atoms with E-state index in [9.17, 15) is 4.79 Å². The maximum atomic E-state index is 12.3. The van der Waals surface area contributed by atoms with Crippen LogP contribution in [-0.4, -0.2) is 43.6 Å². The van der Waals surface area contributed by atoms with Gasteiger partial charge < -0.3 is 10.1 Å². The molecule has 2 rings (SSSR count). The molecule has 0 radical (unpaired) electrons. The lowest BCUT2D eigenvalue weighted by Gasteiger charge is -2.35. The summed E-state index contributed by atoms with van der Waals surface area (Å²) in [5.41, 5.74) is 1.72. The molecule has 4 heteroatoms. The fraction of sp³-hybridized carbons (Fsp3) is 0.611. The number of nitrogens with zero attached hydrogens (tertiary/aromatic N) is 1. The topological polar surface area (TPSA) is 41.6 Å². The summed E-state index contributed by atoms with van der Waals surface area (Å²) < 4.78 is 5.11. The number of methoxy groups -OCH3 is 1. The lowest BCUT2D eigenvalue weighted by atomic mass is 9.99. The smallest absolute Gasteiger partial charge is 0.251 e. The van der Waals surface area contributed by atoms with E-state index in [1.165, 1.54) is 12.8 Å². The van der Waals surface area contributed by atoms with E-state index in [0.29, 0.717) is 24.8 Å². The van der Waals surface area contributed by atoms with Crippen LogP contribution in [0, 0.1) is 5.92 Å². The van der Waals surface area contributed by atoms with Gasteiger partial charge in [0.1, 0.15) is 0 Å². The Morgan fingerprint density at radius 1 is 1.50 bits per heavy atom. The van der Waals surface area contributed by atoms with E-state index < -0.39 is 0 Å². The first-order chi connectivity index (χ1) is 10.6. The molecule has 1 N–H and O–H groups in total. The number of benzene rings is 1. The maximum absolute atomic E-state index is 12.3. The molecule has 1 aromatic rings. The predicted molar refractivity (Wildman–Crippen MR) is 88.9 cm³/mol. The molecule has 2 atom stereocenters. The highest BCUT2D eigenvalue weighted by atomic mass is 16.5. The lowest BCUT2D eigenvalue weighted by Crippen LogP contribution is -2.46. The van der Waals surface area contributed by atoms with E-state index in [1.54, 1.807) is 7.11 Å². The number of piperidine rings is 1. The fourth-order valence-corrected chi connectivity index (χ4v) is 3.07. The van der Waals surface area contributed by atoms with Crippen LogP contribution in [0.15, 0.2) is 24.3 Å². The number of rotatable bonds is 6. The van der Waals surface area contributed by atoms with Crippen LogP contribution in [-0.2, 0) is 11.3 Å². The minimum Gasteiger partial charge on any atom is -0.380 e. The van der Waals surface area contributed by atoms with Gasteiger partial charge in [0.15, 0.2) is 0 Å². The number of amides is 1. The van der Waals surface area contributed by atoms with Crippen molar-refractivity contribution in [2.45, 2.75) is 39.3 Å². The molecule has 122 valence electrons. The van der Waals surface area contributed by atoms with E-state index in [-0.39, 0.29) is 5.91 Å². The van der Waals surface area contributed by atoms with Crippen molar-refractivity contribution in [3.63, 3.8) is 0 Å². The van der Waals surface area contributed by atoms with Gasteiger partial charge in [0.25, 0.3) is 5.91 Å². The number of hydrogen-bond donors (Lipinski definition) is 1. The first kappa shape index (κ1) is 17.0. The summed E-state index contributed by atoms with van der Waals surface area (Å²) in [6.07, 6.45) is 2.58. The number of nitrogens with one attached hydrogen (secondary N) is 1. The predicted octanol–water partition coefficient (Wildman–Crippen LogP) is 2.68. The zero-order valence-electron chi connectivity index (χ0n) is 14.0. The van der Waals surface area contributed by atoms with Gasteiger partial charge >= 0.3 is 0 Å². The minimum atomic E-state index is -0.00476. The molecule has 0 unspecified atom stereocenters. The van der Waals surface area contributed by atoms with Crippen molar-refractivity contribution in [2.75, 3.05) is 26.7 Å². The molecule has 0 aliphatic carbocycles. The van der Waals surface area contributed by atoms with Crippen molar-refractivity contribution in [1.82, 2.24) is 10.2 Å². The molecule has 4 nitrogen and oxygen atoms in total. The van der Waals surface area contributed by atoms with Crippen molar-refractivity contribution in [3.05, 3.63) is 35.4 Å². The molecule has 1 saturated heterocycles. The second kappa shape index (κ2) is 8.30. The van der Waals surface area contributed by atoms with E-state index in [4.69, 9.17) is 4.74 Å². The summed E-state index contributed by atoms with van der Waals surface area (Å²) in [5.74, 6) is 0.757. The Hall–Kier alpha value is -1.39. The molecule has 0 saturated carbocycles. The van der Waals surface area contributed by atoms with Crippen LogP contribution in [0.3, 0.4) is 0 Å². The van der Waals surface area contributed by atoms with Gasteiger partial charge in [-0.05, 0) is 49.9 Å². The molecule has 0 aromatic heterocycles. The molecule has 1 aliphatic rings. The Kier molecular flexibility index (Phi) is 6.40. The van der Waals surface area contributed by atoms with Crippen molar-refractivity contribution >= 4 is 5.91 Å². The van der Waals surface area contributed by atoms with E-state index in [0.717, 1.165) is 24.6 Å². The fourth-order valence-electron chi connectivity index (χ4n) is 3.07. The van der Waals surface area contributed by atoms with E-state index in [2.05, 4.69) is 24.1 Å². The monoisotopic (exact) mass is 304 g/mol. The third-order valence-corrected chi connectivity index (χ3v) is 4.37. The molecule has 0 bridgehead atoms. The number of likely N-dealkylation sites (tertiary alicyclic amines) is 1. The maximum Gasteiger partial charge on any atom is 0.251 e. The Labute approximate surface area is 133 Å². The third-order valence-electron chi connectivity index (χ3n) is 4.37. The zero-order valence-corrected chi connectivity index (χ0v) is 14.0. The minimum absolute atomic E-state index is 0.00476. The molecule has 1 fully saturated rings. The van der Waals surface area contributed by atoms with E-state index in [1.807, 2.05) is 24.3 Å². The first-order valence-electron chi connectivity index (χ1n) is 8.20. The quantitative estimate of drug-likeness (QED) is 0.878. The molecular formula is C18H28N2O2. The molecular weight excluding hydrogens is 276 g/mol. The average molecular weight is 304 g/mol. The van der Waals surface area contributed by atoms with Gasteiger partial charge in [0.2, 0.25) is 0 Å². The summed E-state index contributed by atoms with van der Waals surface area (Å²) in [6, 6.07) is 8.00. The van der Waals surface area contributed by atoms with Gasteiger partial charge in [-0.2, -0.15) is 0 Å². The number of carbonyl (C=O) groups is 1. The second-order valence-electron chi connectivity index (χ2n) is 6.43. The van der Waals surface area contributed by atoms with Crippen LogP contribution in [0.2, 0.25) is 0 Å². The number of hydrogen-bond acceptors (Lipinski definition) is 3. The standard InChI is InChI=1S/C18H28N2O2/c1-14-6-5-9-20(12-14)15(2)11-19-18(21)17-8-4-7-16(10-17)13-22-3/h4,7-8,10,14-15H,5-6,9,11-13H2,1-3H3,(H,19,21)/t14-,15+/m1/s1. The van der Waals surface area contributed by atoms with Crippen molar-refractivity contribution < 1.29 is 9.53 Å². The highest BCUT2D eigenvalue weighted by Gasteiger charge is 2.21. The lowest BCUT2D eigenvalue weighted by molar-refractivity contribution is 0.0917. The van der Waals surface area contributed by atoms with Crippen LogP contribution < -0.4 is 5.32 Å². The summed E-state index contributed by atoms with van der Waals surface area (Å²) in [4.78, 5) is 14.8. The van der Waals surface area contributed by atoms with Gasteiger partial charge in [0, 0.05) is 31.8 Å². The van der Waals surface area contributed by atoms with Crippen molar-refractivity contribution in [2.24, 2.45) is 5.92 Å². The molecule has 0 spiro atoms. The number of carbonyl (C=O) groups excluding carboxylic acids is 1. The molecule has 1 heterocycles. The summed E-state index contributed by atoms with van der Waals surface area (Å²) >= 11 is 0. The van der Waals surface area contributed by atoms with Crippen LogP contribution in [0.4, 0.5) is 0 Å². The third kappa shape index (κ3) is 4.82. The van der Waals surface area contributed by atoms with Crippen LogP contribution in [0.5, 0.6) is 0 Å². The SMILES string of the molecule is COCc1cccc(C(=O)NC[C@H](C)N2CCC[C@@H](C)C2)c1. The zero-order chi connectivity index (χ0) is 15.9. The highest BCUT2D eigenvalue weighted by Crippen LogP contribution is 2.17. The Balaban J connectivity index is 1.85. The molecule has 1 aromatic carbocycles. The summed E-state index contributed by atoms with van der Waals surface area (Å²) in [5, 5.41) is 3.06. The van der Waals surface area contributed by atoms with Gasteiger partial charge in [0.05, 0.1) is 6.61 Å². The average Bonchev–Trinajstić information content (AvgIpc) is 2.53. The van der Waals surface area contributed by atoms with Crippen LogP contribution in [0.1, 0.15) is 42.6 Å². The summed E-state index contributed by atoms with van der Waals surface area (Å²) in [6.45, 7) is 8.01. The van der Waals surface area contributed by atoms with Crippen LogP contribution in [0.25, 0.3) is 0 Å². The molecule has 22 heavy (non-hydrogen) atoms. The van der Waals surface area contributed by atoms with Gasteiger partial charge in [-0.15, -0.1) is 0 Å². The van der Waals surface area contributed by atoms with Gasteiger partial charge in [-0.25, -0.2) is 0 Å². The molecule has 1 aliphatic heterocycles. The largest absolute Gasteiger partial charge is 0.380 e. The van der Waals surface area contributed by atoms with Crippen molar-refractivity contribution in [3.8, 4) is 0 Å². The Morgan fingerprint density at radius 3 is 3.05 bits per heavy atom. The van der Waals surface area contributed by atoms with Gasteiger partial charge in [-0.3, -0.25) is 9.69 Å². The second-order valence-corrected chi connectivity index (χ2v) is 6.43. The van der Waals surface area contributed by atoms with Gasteiger partial charge in [-0.1, -0.05) is 19.1 Å². The first-order valence-corrected chi connectivity index (χ1v) is 8.20. The highest BCUT2D eigenvalue weighted by molar-refractivity contribution is 5.94. The van der Waals surface area contributed by atoms with E-state index >= 15 is 0 Å².